The van der Waals surface area contributed by atoms with E-state index >= 15 is 0 Å². The van der Waals surface area contributed by atoms with E-state index in [1.165, 1.54) is 105 Å². The van der Waals surface area contributed by atoms with Gasteiger partial charge in [-0.05, 0) is 83.9 Å². The number of thiophene rings is 3. The molecule has 2 aliphatic rings. The molecule has 1 aliphatic carbocycles. The lowest BCUT2D eigenvalue weighted by atomic mass is 9.87. The van der Waals surface area contributed by atoms with Crippen LogP contribution in [0.15, 0.2) is 249 Å². The lowest BCUT2D eigenvalue weighted by Gasteiger charge is -2.31. The minimum atomic E-state index is 0.0919. The molecule has 0 amide bonds. The van der Waals surface area contributed by atoms with Crippen molar-refractivity contribution in [3.05, 3.63) is 265 Å². The summed E-state index contributed by atoms with van der Waals surface area (Å²) in [7, 11) is 0. The van der Waals surface area contributed by atoms with Crippen molar-refractivity contribution in [3.8, 4) is 45.5 Å². The fourth-order valence-electron chi connectivity index (χ4n) is 14.1. The zero-order valence-corrected chi connectivity index (χ0v) is 47.3. The van der Waals surface area contributed by atoms with Gasteiger partial charge in [-0.2, -0.15) is 0 Å². The highest BCUT2D eigenvalue weighted by Crippen LogP contribution is 2.58. The number of nitrogens with zero attached hydrogens (tertiary/aromatic N) is 6. The highest BCUT2D eigenvalue weighted by molar-refractivity contribution is 7.27. The monoisotopic (exact) mass is 1120 g/mol. The number of aromatic nitrogens is 5. The van der Waals surface area contributed by atoms with Crippen LogP contribution < -0.4 is 4.90 Å². The zero-order valence-electron chi connectivity index (χ0n) is 44.8. The molecule has 0 radical (unpaired) electrons. The first-order valence-electron chi connectivity index (χ1n) is 28.5. The number of anilines is 2. The van der Waals surface area contributed by atoms with Crippen LogP contribution in [0, 0.1) is 0 Å². The molecule has 0 saturated heterocycles. The van der Waals surface area contributed by atoms with Crippen molar-refractivity contribution in [2.45, 2.75) is 12.0 Å². The Labute approximate surface area is 493 Å². The van der Waals surface area contributed by atoms with Crippen molar-refractivity contribution in [3.63, 3.8) is 0 Å². The first-order valence-corrected chi connectivity index (χ1v) is 30.9. The normalized spacial score (nSPS) is 14.8. The molecule has 0 N–H and O–H groups in total. The smallest absolute Gasteiger partial charge is 0.164 e. The minimum Gasteiger partial charge on any atom is -0.332 e. The second-order valence-electron chi connectivity index (χ2n) is 22.2. The number of benzene rings is 11. The van der Waals surface area contributed by atoms with Crippen molar-refractivity contribution >= 4 is 146 Å². The Bertz CT molecular complexity index is 5440. The van der Waals surface area contributed by atoms with E-state index < -0.39 is 0 Å². The van der Waals surface area contributed by atoms with Crippen molar-refractivity contribution in [2.24, 2.45) is 0 Å². The van der Waals surface area contributed by atoms with Gasteiger partial charge >= 0.3 is 0 Å². The summed E-state index contributed by atoms with van der Waals surface area (Å²) in [5.74, 6) is 2.01. The van der Waals surface area contributed by atoms with Gasteiger partial charge in [-0.25, -0.2) is 15.0 Å². The van der Waals surface area contributed by atoms with Crippen molar-refractivity contribution in [1.29, 1.82) is 0 Å². The average molecular weight is 1130 g/mol. The van der Waals surface area contributed by atoms with Crippen LogP contribution in [0.2, 0.25) is 0 Å². The van der Waals surface area contributed by atoms with Crippen LogP contribution in [0.5, 0.6) is 0 Å². The molecule has 17 aromatic rings. The first-order chi connectivity index (χ1) is 41.6. The van der Waals surface area contributed by atoms with Gasteiger partial charge in [0.2, 0.25) is 0 Å². The number of para-hydroxylation sites is 3. The molecule has 19 rings (SSSR count). The molecule has 6 nitrogen and oxygen atoms in total. The maximum atomic E-state index is 5.53. The molecule has 0 spiro atoms. The molecule has 6 aromatic heterocycles. The van der Waals surface area contributed by atoms with Gasteiger partial charge in [0.05, 0.1) is 37.5 Å². The largest absolute Gasteiger partial charge is 0.332 e. The molecule has 0 fully saturated rings. The second kappa shape index (κ2) is 17.7. The van der Waals surface area contributed by atoms with Crippen molar-refractivity contribution < 1.29 is 0 Å². The summed E-state index contributed by atoms with van der Waals surface area (Å²) < 4.78 is 11.3. The summed E-state index contributed by atoms with van der Waals surface area (Å²) in [6, 6.07) is 88.7. The highest BCUT2D eigenvalue weighted by atomic mass is 32.1. The van der Waals surface area contributed by atoms with E-state index in [0.717, 1.165) is 44.8 Å². The van der Waals surface area contributed by atoms with E-state index in [0.29, 0.717) is 17.5 Å². The number of rotatable bonds is 6. The quantitative estimate of drug-likeness (QED) is 0.166. The van der Waals surface area contributed by atoms with Crippen LogP contribution >= 0.6 is 34.0 Å². The maximum absolute atomic E-state index is 5.53. The molecule has 7 heterocycles. The van der Waals surface area contributed by atoms with E-state index in [4.69, 9.17) is 15.0 Å². The first kappa shape index (κ1) is 46.6. The summed E-state index contributed by atoms with van der Waals surface area (Å²) in [5.41, 5.74) is 14.5. The lowest BCUT2D eigenvalue weighted by Crippen LogP contribution is -2.22. The molecule has 11 aromatic carbocycles. The molecule has 0 saturated carbocycles. The van der Waals surface area contributed by atoms with Gasteiger partial charge in [0.1, 0.15) is 0 Å². The SMILES string of the molecule is C1=CC2c3ccccc3N(c3cccc(-c4nc(-c5cccc(-n6c7ccccc7c7ccc8c9ccccc9sc8c76)c5)nc(-c5cccc(-n6c7ccccc7c7ccc8c9ccccc9sc8c76)c5)n4)c3)[C@H]2c2sc3ccccc3c21. The standard InChI is InChI=1S/C75H44N6S3/c1-7-28-61-49(22-1)55-34-37-58-52-25-4-10-31-64(52)82-70(58)67(55)79(61)46-19-13-16-43(40-46)73-76-74(44-17-14-20-47(41-44)80-62-29-8-2-23-50(62)56-35-38-59-53-26-5-11-32-65(53)83-71(59)68(56)80)78-75(77-73)45-18-15-21-48(42-45)81-63-30-9-3-24-51(63)57-36-39-60-54-27-6-12-33-66(54)84-72(60)69(57)81/h1-42,55,67H/t55?,67-/m1/s1. The molecule has 9 heteroatoms. The third kappa shape index (κ3) is 6.68. The Morgan fingerprint density at radius 1 is 0.345 bits per heavy atom. The molecule has 392 valence electrons. The average Bonchev–Trinajstić information content (AvgIpc) is 4.40. The molecule has 2 atom stereocenters. The van der Waals surface area contributed by atoms with E-state index in [2.05, 4.69) is 269 Å². The zero-order chi connectivity index (χ0) is 54.7. The fourth-order valence-corrected chi connectivity index (χ4v) is 17.9. The van der Waals surface area contributed by atoms with Crippen LogP contribution in [0.3, 0.4) is 0 Å². The third-order valence-electron chi connectivity index (χ3n) is 17.7. The van der Waals surface area contributed by atoms with Crippen LogP contribution in [0.25, 0.3) is 146 Å². The van der Waals surface area contributed by atoms with E-state index in [-0.39, 0.29) is 12.0 Å². The highest BCUT2D eigenvalue weighted by Gasteiger charge is 2.43. The summed E-state index contributed by atoms with van der Waals surface area (Å²) in [5, 5.41) is 11.3. The number of fused-ring (bicyclic) bond motifs is 21. The second-order valence-corrected chi connectivity index (χ2v) is 25.4. The Kier molecular flexibility index (Phi) is 9.83. The van der Waals surface area contributed by atoms with Crippen LogP contribution in [0.1, 0.15) is 28.0 Å². The van der Waals surface area contributed by atoms with Crippen molar-refractivity contribution in [2.75, 3.05) is 4.90 Å². The van der Waals surface area contributed by atoms with Gasteiger partial charge < -0.3 is 14.0 Å². The van der Waals surface area contributed by atoms with Gasteiger partial charge in [0, 0.05) is 113 Å². The van der Waals surface area contributed by atoms with Gasteiger partial charge in [-0.1, -0.05) is 182 Å². The molecular formula is C75H44N6S3. The van der Waals surface area contributed by atoms with Gasteiger partial charge in [0.25, 0.3) is 0 Å². The van der Waals surface area contributed by atoms with Gasteiger partial charge in [-0.15, -0.1) is 34.0 Å². The molecule has 1 unspecified atom stereocenters. The predicted octanol–water partition coefficient (Wildman–Crippen LogP) is 21.0. The Hall–Kier alpha value is -10.0. The van der Waals surface area contributed by atoms with Crippen LogP contribution in [-0.4, -0.2) is 24.1 Å². The fraction of sp³-hybridized carbons (Fsp3) is 0.0267. The van der Waals surface area contributed by atoms with E-state index in [1.54, 1.807) is 0 Å². The Balaban J connectivity index is 0.816. The summed E-state index contributed by atoms with van der Waals surface area (Å²) in [4.78, 5) is 20.5. The van der Waals surface area contributed by atoms with Crippen molar-refractivity contribution in [1.82, 2.24) is 24.1 Å². The molecular weight excluding hydrogens is 1080 g/mol. The number of hydrogen-bond donors (Lipinski definition) is 0. The summed E-state index contributed by atoms with van der Waals surface area (Å²) in [6.07, 6.45) is 4.79. The maximum Gasteiger partial charge on any atom is 0.164 e. The van der Waals surface area contributed by atoms with Crippen LogP contribution in [0.4, 0.5) is 11.4 Å². The summed E-state index contributed by atoms with van der Waals surface area (Å²) >= 11 is 5.65. The Morgan fingerprint density at radius 2 is 0.786 bits per heavy atom. The molecule has 0 bridgehead atoms. The van der Waals surface area contributed by atoms with Gasteiger partial charge in [-0.3, -0.25) is 0 Å². The van der Waals surface area contributed by atoms with Crippen LogP contribution in [-0.2, 0) is 0 Å². The number of hydrogen-bond acceptors (Lipinski definition) is 7. The van der Waals surface area contributed by atoms with Gasteiger partial charge in [0.15, 0.2) is 17.5 Å². The van der Waals surface area contributed by atoms with E-state index in [1.807, 2.05) is 34.0 Å². The summed E-state index contributed by atoms with van der Waals surface area (Å²) in [6.45, 7) is 0. The molecule has 84 heavy (non-hydrogen) atoms. The Morgan fingerprint density at radius 3 is 1.35 bits per heavy atom. The molecule has 1 aliphatic heterocycles. The van der Waals surface area contributed by atoms with E-state index in [9.17, 15) is 0 Å². The topological polar surface area (TPSA) is 51.8 Å². The lowest BCUT2D eigenvalue weighted by molar-refractivity contribution is 0.681. The predicted molar refractivity (Wildman–Crippen MR) is 356 cm³/mol. The minimum absolute atomic E-state index is 0.0919. The third-order valence-corrected chi connectivity index (χ3v) is 21.3.